The third-order valence-corrected chi connectivity index (χ3v) is 7.94. The molecule has 3 rings (SSSR count). The fraction of sp³-hybridized carbons (Fsp3) is 0.606. The van der Waals surface area contributed by atoms with Crippen LogP contribution < -0.4 is 9.47 Å². The standard InChI is InChI=1S/C33H46F2O3/c1-3-5-7-8-9-10-24-37-29-21-18-28(19-22-29)33(36)38-30-23-20-27(31(34)32(30)35)17-16-26-14-12-25(13-15-26)11-6-4-2/h18-23,25-26H,3-17,24H2,1-2H3. The Morgan fingerprint density at radius 1 is 0.763 bits per heavy atom. The van der Waals surface area contributed by atoms with Gasteiger partial charge in [0, 0.05) is 0 Å². The highest BCUT2D eigenvalue weighted by molar-refractivity contribution is 5.91. The van der Waals surface area contributed by atoms with Gasteiger partial charge in [-0.05, 0) is 67.0 Å². The number of hydrogen-bond donors (Lipinski definition) is 0. The normalized spacial score (nSPS) is 17.4. The maximum atomic E-state index is 14.8. The van der Waals surface area contributed by atoms with Gasteiger partial charge >= 0.3 is 5.97 Å². The second-order valence-electron chi connectivity index (χ2n) is 10.9. The van der Waals surface area contributed by atoms with Gasteiger partial charge in [0.05, 0.1) is 12.2 Å². The number of rotatable bonds is 16. The lowest BCUT2D eigenvalue weighted by atomic mass is 9.78. The Kier molecular flexibility index (Phi) is 13.1. The molecule has 0 atom stereocenters. The Morgan fingerprint density at radius 3 is 2.08 bits per heavy atom. The minimum Gasteiger partial charge on any atom is -0.494 e. The molecule has 38 heavy (non-hydrogen) atoms. The fourth-order valence-electron chi connectivity index (χ4n) is 5.42. The average Bonchev–Trinajstić information content (AvgIpc) is 2.94. The molecule has 0 unspecified atom stereocenters. The van der Waals surface area contributed by atoms with E-state index in [1.165, 1.54) is 76.7 Å². The Balaban J connectivity index is 1.44. The molecule has 5 heteroatoms. The van der Waals surface area contributed by atoms with Crippen molar-refractivity contribution >= 4 is 5.97 Å². The van der Waals surface area contributed by atoms with Gasteiger partial charge in [0.15, 0.2) is 11.6 Å². The van der Waals surface area contributed by atoms with Gasteiger partial charge in [0.2, 0.25) is 5.82 Å². The zero-order valence-corrected chi connectivity index (χ0v) is 23.4. The van der Waals surface area contributed by atoms with Crippen LogP contribution in [0.5, 0.6) is 11.5 Å². The number of benzene rings is 2. The summed E-state index contributed by atoms with van der Waals surface area (Å²) in [5.74, 6) is -1.03. The van der Waals surface area contributed by atoms with E-state index in [4.69, 9.17) is 9.47 Å². The zero-order valence-electron chi connectivity index (χ0n) is 23.4. The number of aryl methyl sites for hydroxylation is 1. The molecule has 0 spiro atoms. The summed E-state index contributed by atoms with van der Waals surface area (Å²) in [6.07, 6.45) is 17.2. The number of carbonyl (C=O) groups is 1. The topological polar surface area (TPSA) is 35.5 Å². The first kappa shape index (κ1) is 30.1. The van der Waals surface area contributed by atoms with Crippen molar-refractivity contribution in [1.82, 2.24) is 0 Å². The van der Waals surface area contributed by atoms with Crippen molar-refractivity contribution in [3.63, 3.8) is 0 Å². The lowest BCUT2D eigenvalue weighted by Gasteiger charge is -2.28. The highest BCUT2D eigenvalue weighted by Crippen LogP contribution is 2.35. The van der Waals surface area contributed by atoms with Crippen molar-refractivity contribution < 1.29 is 23.0 Å². The predicted octanol–water partition coefficient (Wildman–Crippen LogP) is 9.85. The van der Waals surface area contributed by atoms with Crippen molar-refractivity contribution in [2.45, 2.75) is 110 Å². The van der Waals surface area contributed by atoms with Gasteiger partial charge in [0.1, 0.15) is 5.75 Å². The van der Waals surface area contributed by atoms with E-state index >= 15 is 0 Å². The van der Waals surface area contributed by atoms with Crippen molar-refractivity contribution in [1.29, 1.82) is 0 Å². The summed E-state index contributed by atoms with van der Waals surface area (Å²) >= 11 is 0. The molecule has 0 bridgehead atoms. The van der Waals surface area contributed by atoms with Crippen LogP contribution in [0, 0.1) is 23.5 Å². The molecule has 0 saturated heterocycles. The molecule has 1 aliphatic rings. The first-order valence-corrected chi connectivity index (χ1v) is 14.9. The van der Waals surface area contributed by atoms with E-state index in [0.717, 1.165) is 25.2 Å². The Hall–Kier alpha value is -2.43. The number of hydrogen-bond acceptors (Lipinski definition) is 3. The molecule has 2 aromatic rings. The lowest BCUT2D eigenvalue weighted by molar-refractivity contribution is 0.0726. The van der Waals surface area contributed by atoms with Crippen LogP contribution in [0.4, 0.5) is 8.78 Å². The van der Waals surface area contributed by atoms with Crippen LogP contribution in [0.15, 0.2) is 36.4 Å². The fourth-order valence-corrected chi connectivity index (χ4v) is 5.42. The smallest absolute Gasteiger partial charge is 0.343 e. The molecule has 2 aromatic carbocycles. The van der Waals surface area contributed by atoms with Gasteiger partial charge < -0.3 is 9.47 Å². The van der Waals surface area contributed by atoms with E-state index in [-0.39, 0.29) is 11.3 Å². The van der Waals surface area contributed by atoms with E-state index in [2.05, 4.69) is 13.8 Å². The summed E-state index contributed by atoms with van der Waals surface area (Å²) in [6, 6.07) is 9.48. The van der Waals surface area contributed by atoms with Gasteiger partial charge in [-0.25, -0.2) is 9.18 Å². The highest BCUT2D eigenvalue weighted by Gasteiger charge is 2.22. The predicted molar refractivity (Wildman–Crippen MR) is 150 cm³/mol. The molecule has 0 N–H and O–H groups in total. The third kappa shape index (κ3) is 9.71. The molecule has 0 heterocycles. The summed E-state index contributed by atoms with van der Waals surface area (Å²) in [4.78, 5) is 12.5. The zero-order chi connectivity index (χ0) is 27.2. The number of ether oxygens (including phenoxy) is 2. The van der Waals surface area contributed by atoms with Gasteiger partial charge in [0.25, 0.3) is 0 Å². The van der Waals surface area contributed by atoms with E-state index in [1.54, 1.807) is 30.3 Å². The van der Waals surface area contributed by atoms with Gasteiger partial charge in [-0.3, -0.25) is 0 Å². The maximum absolute atomic E-state index is 14.8. The number of carbonyl (C=O) groups excluding carboxylic acids is 1. The van der Waals surface area contributed by atoms with Gasteiger partial charge in [-0.15, -0.1) is 0 Å². The minimum absolute atomic E-state index is 0.260. The molecule has 210 valence electrons. The SMILES string of the molecule is CCCCCCCCOc1ccc(C(=O)Oc2ccc(CCC3CCC(CCCC)CC3)c(F)c2F)cc1. The van der Waals surface area contributed by atoms with Crippen LogP contribution in [0.3, 0.4) is 0 Å². The summed E-state index contributed by atoms with van der Waals surface area (Å²) in [6.45, 7) is 5.07. The molecule has 1 saturated carbocycles. The molecule has 3 nitrogen and oxygen atoms in total. The Bertz CT molecular complexity index is 965. The van der Waals surface area contributed by atoms with Crippen molar-refractivity contribution in [3.8, 4) is 11.5 Å². The van der Waals surface area contributed by atoms with Gasteiger partial charge in [-0.1, -0.05) is 97.0 Å². The quantitative estimate of drug-likeness (QED) is 0.124. The monoisotopic (exact) mass is 528 g/mol. The molecule has 0 aromatic heterocycles. The van der Waals surface area contributed by atoms with Crippen molar-refractivity contribution in [3.05, 3.63) is 59.2 Å². The van der Waals surface area contributed by atoms with Crippen LogP contribution in [0.25, 0.3) is 0 Å². The molecule has 0 aliphatic heterocycles. The van der Waals surface area contributed by atoms with E-state index in [1.807, 2.05) is 0 Å². The summed E-state index contributed by atoms with van der Waals surface area (Å²) < 4.78 is 40.4. The van der Waals surface area contributed by atoms with Crippen molar-refractivity contribution in [2.24, 2.45) is 11.8 Å². The van der Waals surface area contributed by atoms with Crippen molar-refractivity contribution in [2.75, 3.05) is 6.61 Å². The minimum atomic E-state index is -1.10. The lowest BCUT2D eigenvalue weighted by Crippen LogP contribution is -2.15. The largest absolute Gasteiger partial charge is 0.494 e. The Morgan fingerprint density at radius 2 is 1.39 bits per heavy atom. The Labute approximate surface area is 228 Å². The van der Waals surface area contributed by atoms with E-state index < -0.39 is 17.6 Å². The molecular weight excluding hydrogens is 482 g/mol. The molecule has 1 fully saturated rings. The average molecular weight is 529 g/mol. The molecule has 0 amide bonds. The summed E-state index contributed by atoms with van der Waals surface area (Å²) in [7, 11) is 0. The molecular formula is C33H46F2O3. The molecule has 1 aliphatic carbocycles. The van der Waals surface area contributed by atoms with Gasteiger partial charge in [-0.2, -0.15) is 4.39 Å². The maximum Gasteiger partial charge on any atom is 0.343 e. The first-order chi connectivity index (χ1) is 18.5. The number of esters is 1. The summed E-state index contributed by atoms with van der Waals surface area (Å²) in [5, 5.41) is 0. The van der Waals surface area contributed by atoms with Crippen LogP contribution in [0.1, 0.15) is 120 Å². The first-order valence-electron chi connectivity index (χ1n) is 14.9. The van der Waals surface area contributed by atoms with E-state index in [0.29, 0.717) is 30.3 Å². The van der Waals surface area contributed by atoms with Crippen LogP contribution in [-0.2, 0) is 6.42 Å². The van der Waals surface area contributed by atoms with Crippen LogP contribution in [-0.4, -0.2) is 12.6 Å². The number of unbranched alkanes of at least 4 members (excludes halogenated alkanes) is 6. The number of halogens is 2. The second kappa shape index (κ2) is 16.5. The summed E-state index contributed by atoms with van der Waals surface area (Å²) in [5.41, 5.74) is 0.609. The van der Waals surface area contributed by atoms with E-state index in [9.17, 15) is 13.6 Å². The highest BCUT2D eigenvalue weighted by atomic mass is 19.2. The second-order valence-corrected chi connectivity index (χ2v) is 10.9. The van der Waals surface area contributed by atoms with Crippen LogP contribution >= 0.6 is 0 Å². The third-order valence-electron chi connectivity index (χ3n) is 7.94. The van der Waals surface area contributed by atoms with Crippen LogP contribution in [0.2, 0.25) is 0 Å². The molecule has 0 radical (unpaired) electrons.